The van der Waals surface area contributed by atoms with Crippen LogP contribution in [0.2, 0.25) is 0 Å². The molecule has 3 nitrogen and oxygen atoms in total. The van der Waals surface area contributed by atoms with Gasteiger partial charge >= 0.3 is 0 Å². The zero-order valence-corrected chi connectivity index (χ0v) is 10.3. The summed E-state index contributed by atoms with van der Waals surface area (Å²) in [7, 11) is 1.59. The first kappa shape index (κ1) is 13.0. The zero-order valence-electron chi connectivity index (χ0n) is 10.3. The van der Waals surface area contributed by atoms with Gasteiger partial charge in [0.25, 0.3) is 0 Å². The molecule has 0 aliphatic carbocycles. The molecule has 2 atom stereocenters. The lowest BCUT2D eigenvalue weighted by Gasteiger charge is -2.18. The molecule has 0 aliphatic rings. The van der Waals surface area contributed by atoms with Crippen molar-refractivity contribution < 1.29 is 14.6 Å². The van der Waals surface area contributed by atoms with Crippen molar-refractivity contribution in [3.05, 3.63) is 29.8 Å². The average molecular weight is 224 g/mol. The summed E-state index contributed by atoms with van der Waals surface area (Å²) in [5, 5.41) is 9.97. The van der Waals surface area contributed by atoms with Crippen LogP contribution in [0.1, 0.15) is 32.4 Å². The van der Waals surface area contributed by atoms with Crippen LogP contribution < -0.4 is 4.74 Å². The van der Waals surface area contributed by atoms with Gasteiger partial charge < -0.3 is 14.6 Å². The maximum atomic E-state index is 9.97. The van der Waals surface area contributed by atoms with E-state index in [2.05, 4.69) is 0 Å². The number of benzene rings is 1. The van der Waals surface area contributed by atoms with Gasteiger partial charge in [0.2, 0.25) is 0 Å². The number of hydrogen-bond acceptors (Lipinski definition) is 3. The van der Waals surface area contributed by atoms with Gasteiger partial charge in [0.05, 0.1) is 12.2 Å². The first-order valence-corrected chi connectivity index (χ1v) is 5.52. The van der Waals surface area contributed by atoms with Crippen LogP contribution in [-0.2, 0) is 4.74 Å². The molecule has 1 aromatic carbocycles. The van der Waals surface area contributed by atoms with E-state index in [1.54, 1.807) is 7.11 Å². The van der Waals surface area contributed by atoms with Gasteiger partial charge in [-0.05, 0) is 38.5 Å². The fourth-order valence-corrected chi connectivity index (χ4v) is 1.44. The molecule has 0 heterocycles. The second-order valence-corrected chi connectivity index (χ2v) is 4.12. The van der Waals surface area contributed by atoms with Crippen molar-refractivity contribution in [3.8, 4) is 5.75 Å². The Morgan fingerprint density at radius 3 is 2.44 bits per heavy atom. The smallest absolute Gasteiger partial charge is 0.120 e. The molecule has 90 valence electrons. The van der Waals surface area contributed by atoms with Crippen molar-refractivity contribution in [2.75, 3.05) is 7.11 Å². The van der Waals surface area contributed by atoms with Crippen LogP contribution in [0.15, 0.2) is 24.3 Å². The Labute approximate surface area is 97.0 Å². The third-order valence-corrected chi connectivity index (χ3v) is 2.39. The normalized spacial score (nSPS) is 14.9. The number of aliphatic hydroxyl groups is 1. The molecule has 0 aliphatic heterocycles. The van der Waals surface area contributed by atoms with Gasteiger partial charge in [0, 0.05) is 7.11 Å². The molecule has 0 amide bonds. The molecule has 0 spiro atoms. The standard InChI is InChI=1S/C13H20O3/c1-9(2)16-12-7-5-6-11(8-12)13(14)10(3)15-4/h5-10,13-14H,1-4H3. The molecule has 0 aromatic heterocycles. The zero-order chi connectivity index (χ0) is 12.1. The molecule has 0 saturated carbocycles. The molecular weight excluding hydrogens is 204 g/mol. The molecule has 2 unspecified atom stereocenters. The van der Waals surface area contributed by atoms with Crippen molar-refractivity contribution in [2.45, 2.75) is 39.1 Å². The Hall–Kier alpha value is -1.06. The highest BCUT2D eigenvalue weighted by Gasteiger charge is 2.16. The quantitative estimate of drug-likeness (QED) is 0.835. The van der Waals surface area contributed by atoms with Gasteiger partial charge in [0.15, 0.2) is 0 Å². The van der Waals surface area contributed by atoms with E-state index in [4.69, 9.17) is 9.47 Å². The number of methoxy groups -OCH3 is 1. The fraction of sp³-hybridized carbons (Fsp3) is 0.538. The third kappa shape index (κ3) is 3.51. The van der Waals surface area contributed by atoms with Crippen molar-refractivity contribution in [1.82, 2.24) is 0 Å². The largest absolute Gasteiger partial charge is 0.491 e. The second kappa shape index (κ2) is 5.87. The van der Waals surface area contributed by atoms with Crippen LogP contribution in [-0.4, -0.2) is 24.4 Å². The summed E-state index contributed by atoms with van der Waals surface area (Å²) >= 11 is 0. The monoisotopic (exact) mass is 224 g/mol. The van der Waals surface area contributed by atoms with E-state index >= 15 is 0 Å². The first-order valence-electron chi connectivity index (χ1n) is 5.52. The Bertz CT molecular complexity index is 323. The summed E-state index contributed by atoms with van der Waals surface area (Å²) in [5.41, 5.74) is 0.812. The molecular formula is C13H20O3. The highest BCUT2D eigenvalue weighted by molar-refractivity contribution is 5.30. The number of hydrogen-bond donors (Lipinski definition) is 1. The van der Waals surface area contributed by atoms with Crippen LogP contribution in [0, 0.1) is 0 Å². The van der Waals surface area contributed by atoms with Gasteiger partial charge in [-0.3, -0.25) is 0 Å². The lowest BCUT2D eigenvalue weighted by atomic mass is 10.1. The highest BCUT2D eigenvalue weighted by Crippen LogP contribution is 2.23. The first-order chi connectivity index (χ1) is 7.54. The molecule has 1 N–H and O–H groups in total. The maximum Gasteiger partial charge on any atom is 0.120 e. The topological polar surface area (TPSA) is 38.7 Å². The van der Waals surface area contributed by atoms with Crippen LogP contribution in [0.3, 0.4) is 0 Å². The lowest BCUT2D eigenvalue weighted by Crippen LogP contribution is -2.17. The summed E-state index contributed by atoms with van der Waals surface area (Å²) in [5.74, 6) is 0.773. The van der Waals surface area contributed by atoms with E-state index < -0.39 is 6.10 Å². The minimum Gasteiger partial charge on any atom is -0.491 e. The Morgan fingerprint density at radius 2 is 1.88 bits per heavy atom. The Kier molecular flexibility index (Phi) is 4.77. The van der Waals surface area contributed by atoms with E-state index in [1.165, 1.54) is 0 Å². The predicted octanol–water partition coefficient (Wildman–Crippen LogP) is 2.54. The minimum absolute atomic E-state index is 0.132. The SMILES string of the molecule is COC(C)C(O)c1cccc(OC(C)C)c1. The highest BCUT2D eigenvalue weighted by atomic mass is 16.5. The summed E-state index contributed by atoms with van der Waals surface area (Å²) in [6.07, 6.45) is -0.720. The molecule has 0 bridgehead atoms. The van der Waals surface area contributed by atoms with Crippen LogP contribution >= 0.6 is 0 Å². The number of rotatable bonds is 5. The number of ether oxygens (including phenoxy) is 2. The summed E-state index contributed by atoms with van der Waals surface area (Å²) in [6, 6.07) is 7.47. The van der Waals surface area contributed by atoms with Crippen molar-refractivity contribution >= 4 is 0 Å². The third-order valence-electron chi connectivity index (χ3n) is 2.39. The van der Waals surface area contributed by atoms with Crippen molar-refractivity contribution in [1.29, 1.82) is 0 Å². The minimum atomic E-state index is -0.624. The van der Waals surface area contributed by atoms with E-state index in [0.29, 0.717) is 0 Å². The summed E-state index contributed by atoms with van der Waals surface area (Å²) < 4.78 is 10.7. The van der Waals surface area contributed by atoms with E-state index in [-0.39, 0.29) is 12.2 Å². The van der Waals surface area contributed by atoms with Gasteiger partial charge in [-0.1, -0.05) is 12.1 Å². The van der Waals surface area contributed by atoms with Gasteiger partial charge in [-0.15, -0.1) is 0 Å². The van der Waals surface area contributed by atoms with Crippen LogP contribution in [0.25, 0.3) is 0 Å². The molecule has 0 radical (unpaired) electrons. The predicted molar refractivity (Wildman–Crippen MR) is 63.6 cm³/mol. The maximum absolute atomic E-state index is 9.97. The van der Waals surface area contributed by atoms with E-state index in [0.717, 1.165) is 11.3 Å². The van der Waals surface area contributed by atoms with Crippen LogP contribution in [0.5, 0.6) is 5.75 Å². The van der Waals surface area contributed by atoms with Gasteiger partial charge in [-0.2, -0.15) is 0 Å². The molecule has 0 fully saturated rings. The van der Waals surface area contributed by atoms with Gasteiger partial charge in [0.1, 0.15) is 11.9 Å². The second-order valence-electron chi connectivity index (χ2n) is 4.12. The number of aliphatic hydroxyl groups excluding tert-OH is 1. The molecule has 0 saturated heterocycles. The average Bonchev–Trinajstić information content (AvgIpc) is 2.26. The molecule has 3 heteroatoms. The fourth-order valence-electron chi connectivity index (χ4n) is 1.44. The Morgan fingerprint density at radius 1 is 1.19 bits per heavy atom. The summed E-state index contributed by atoms with van der Waals surface area (Å²) in [6.45, 7) is 5.78. The summed E-state index contributed by atoms with van der Waals surface area (Å²) in [4.78, 5) is 0. The molecule has 1 aromatic rings. The Balaban J connectivity index is 2.81. The van der Waals surface area contributed by atoms with Crippen molar-refractivity contribution in [2.24, 2.45) is 0 Å². The van der Waals surface area contributed by atoms with Crippen molar-refractivity contribution in [3.63, 3.8) is 0 Å². The van der Waals surface area contributed by atoms with E-state index in [1.807, 2.05) is 45.0 Å². The molecule has 16 heavy (non-hydrogen) atoms. The van der Waals surface area contributed by atoms with E-state index in [9.17, 15) is 5.11 Å². The van der Waals surface area contributed by atoms with Crippen LogP contribution in [0.4, 0.5) is 0 Å². The van der Waals surface area contributed by atoms with Gasteiger partial charge in [-0.25, -0.2) is 0 Å². The lowest BCUT2D eigenvalue weighted by molar-refractivity contribution is -0.00155. The molecule has 1 rings (SSSR count).